The Morgan fingerprint density at radius 1 is 1.15 bits per heavy atom. The number of carbonyl (C=O) groups excluding carboxylic acids is 3. The number of hydrogen-bond acceptors (Lipinski definition) is 5. The molecule has 206 valence electrons. The van der Waals surface area contributed by atoms with E-state index in [9.17, 15) is 18.8 Å². The van der Waals surface area contributed by atoms with Crippen LogP contribution in [0.25, 0.3) is 10.9 Å². The van der Waals surface area contributed by atoms with Crippen LogP contribution in [0.5, 0.6) is 0 Å². The van der Waals surface area contributed by atoms with Gasteiger partial charge in [-0.15, -0.1) is 0 Å². The molecule has 1 spiro atoms. The number of likely N-dealkylation sites (tertiary alicyclic amines) is 1. The van der Waals surface area contributed by atoms with Crippen LogP contribution in [0.15, 0.2) is 42.6 Å². The van der Waals surface area contributed by atoms with Crippen LogP contribution in [0.2, 0.25) is 0 Å². The first-order valence-corrected chi connectivity index (χ1v) is 13.5. The average molecular weight is 535 g/mol. The summed E-state index contributed by atoms with van der Waals surface area (Å²) in [6.07, 6.45) is 3.37. The monoisotopic (exact) mass is 534 g/mol. The highest BCUT2D eigenvalue weighted by atomic mass is 19.1. The van der Waals surface area contributed by atoms with Gasteiger partial charge in [-0.25, -0.2) is 4.39 Å². The van der Waals surface area contributed by atoms with E-state index >= 15 is 0 Å². The van der Waals surface area contributed by atoms with Crippen LogP contribution in [-0.4, -0.2) is 76.1 Å². The Bertz CT molecular complexity index is 1410. The summed E-state index contributed by atoms with van der Waals surface area (Å²) in [6.45, 7) is 6.86. The maximum Gasteiger partial charge on any atom is 0.254 e. The second-order valence-corrected chi connectivity index (χ2v) is 10.9. The summed E-state index contributed by atoms with van der Waals surface area (Å²) in [5.41, 5.74) is 1.90. The van der Waals surface area contributed by atoms with Crippen LogP contribution in [-0.2, 0) is 16.0 Å². The number of benzene rings is 2. The van der Waals surface area contributed by atoms with E-state index in [1.165, 1.54) is 12.1 Å². The molecule has 2 saturated heterocycles. The van der Waals surface area contributed by atoms with Crippen LogP contribution >= 0.6 is 0 Å². The lowest BCUT2D eigenvalue weighted by molar-refractivity contribution is -0.139. The Hall–Kier alpha value is -3.95. The number of hydrogen-bond donors (Lipinski definition) is 2. The molecule has 2 aliphatic rings. The number of nitrogens with zero attached hydrogens (tertiary/aromatic N) is 4. The van der Waals surface area contributed by atoms with Crippen molar-refractivity contribution in [2.24, 2.45) is 5.92 Å². The number of aryl methyl sites for hydroxylation is 1. The van der Waals surface area contributed by atoms with Crippen LogP contribution in [0.4, 0.5) is 10.1 Å². The Morgan fingerprint density at radius 3 is 2.59 bits per heavy atom. The normalized spacial score (nSPS) is 17.9. The molecule has 1 aromatic heterocycles. The summed E-state index contributed by atoms with van der Waals surface area (Å²) in [5, 5.41) is 10.8. The number of likely N-dealkylation sites (N-methyl/N-ethyl adjacent to an activating group) is 1. The SMILES string of the molecule is CCc1ccc(F)c(C(=O)N[C@@H](C(=O)N2CCC3(CC2)C(=O)N(C)CN3c2ccc3[nH]ncc3c2)C(C)C)c1. The van der Waals surface area contributed by atoms with E-state index in [0.717, 1.165) is 22.2 Å². The van der Waals surface area contributed by atoms with Gasteiger partial charge in [-0.05, 0) is 61.1 Å². The molecule has 9 nitrogen and oxygen atoms in total. The molecule has 2 N–H and O–H groups in total. The minimum Gasteiger partial charge on any atom is -0.341 e. The van der Waals surface area contributed by atoms with Gasteiger partial charge in [-0.1, -0.05) is 26.8 Å². The third kappa shape index (κ3) is 4.72. The van der Waals surface area contributed by atoms with Crippen molar-refractivity contribution < 1.29 is 18.8 Å². The first-order chi connectivity index (χ1) is 18.6. The maximum absolute atomic E-state index is 14.4. The van der Waals surface area contributed by atoms with E-state index in [1.54, 1.807) is 29.1 Å². The number of amides is 3. The molecule has 0 aliphatic carbocycles. The molecule has 2 fully saturated rings. The highest BCUT2D eigenvalue weighted by Gasteiger charge is 2.53. The lowest BCUT2D eigenvalue weighted by atomic mass is 9.85. The van der Waals surface area contributed by atoms with Crippen molar-refractivity contribution in [3.63, 3.8) is 0 Å². The van der Waals surface area contributed by atoms with Gasteiger partial charge in [-0.2, -0.15) is 5.10 Å². The number of carbonyl (C=O) groups is 3. The lowest BCUT2D eigenvalue weighted by Gasteiger charge is -2.44. The van der Waals surface area contributed by atoms with Crippen molar-refractivity contribution in [2.45, 2.75) is 51.6 Å². The van der Waals surface area contributed by atoms with E-state index < -0.39 is 23.3 Å². The van der Waals surface area contributed by atoms with Gasteiger partial charge in [0.15, 0.2) is 0 Å². The molecule has 0 saturated carbocycles. The van der Waals surface area contributed by atoms with Crippen LogP contribution in [0, 0.1) is 11.7 Å². The number of H-pyrrole nitrogens is 1. The summed E-state index contributed by atoms with van der Waals surface area (Å²) in [7, 11) is 1.80. The number of anilines is 1. The number of piperidine rings is 1. The molecule has 1 atom stereocenters. The van der Waals surface area contributed by atoms with E-state index in [-0.39, 0.29) is 23.3 Å². The van der Waals surface area contributed by atoms with Gasteiger partial charge in [-0.3, -0.25) is 19.5 Å². The molecule has 2 aromatic carbocycles. The summed E-state index contributed by atoms with van der Waals surface area (Å²) >= 11 is 0. The van der Waals surface area contributed by atoms with Gasteiger partial charge in [0.25, 0.3) is 5.91 Å². The third-order valence-corrected chi connectivity index (χ3v) is 8.16. The Labute approximate surface area is 227 Å². The summed E-state index contributed by atoms with van der Waals surface area (Å²) in [4.78, 5) is 45.7. The van der Waals surface area contributed by atoms with Crippen molar-refractivity contribution in [1.82, 2.24) is 25.3 Å². The molecule has 39 heavy (non-hydrogen) atoms. The van der Waals surface area contributed by atoms with Gasteiger partial charge in [0, 0.05) is 31.2 Å². The number of rotatable bonds is 6. The van der Waals surface area contributed by atoms with Gasteiger partial charge in [0.2, 0.25) is 11.8 Å². The van der Waals surface area contributed by atoms with Crippen molar-refractivity contribution >= 4 is 34.3 Å². The highest BCUT2D eigenvalue weighted by molar-refractivity contribution is 5.98. The Morgan fingerprint density at radius 2 is 1.90 bits per heavy atom. The fourth-order valence-corrected chi connectivity index (χ4v) is 5.79. The zero-order valence-electron chi connectivity index (χ0n) is 22.8. The van der Waals surface area contributed by atoms with Gasteiger partial charge in [0.05, 0.1) is 23.9 Å². The number of aromatic amines is 1. The molecular formula is C29H35FN6O3. The molecule has 3 heterocycles. The van der Waals surface area contributed by atoms with Crippen LogP contribution in [0.3, 0.4) is 0 Å². The van der Waals surface area contributed by atoms with E-state index in [1.807, 2.05) is 39.0 Å². The zero-order valence-corrected chi connectivity index (χ0v) is 22.8. The van der Waals surface area contributed by atoms with E-state index in [4.69, 9.17) is 0 Å². The van der Waals surface area contributed by atoms with Crippen LogP contribution in [0.1, 0.15) is 49.5 Å². The Kier molecular flexibility index (Phi) is 7.05. The molecule has 0 bridgehead atoms. The smallest absolute Gasteiger partial charge is 0.254 e. The first kappa shape index (κ1) is 26.6. The largest absolute Gasteiger partial charge is 0.341 e. The lowest BCUT2D eigenvalue weighted by Crippen LogP contribution is -2.60. The minimum absolute atomic E-state index is 0.0434. The van der Waals surface area contributed by atoms with E-state index in [0.29, 0.717) is 39.0 Å². The Balaban J connectivity index is 1.32. The van der Waals surface area contributed by atoms with Gasteiger partial charge < -0.3 is 20.0 Å². The molecule has 2 aliphatic heterocycles. The predicted molar refractivity (Wildman–Crippen MR) is 147 cm³/mol. The van der Waals surface area contributed by atoms with Gasteiger partial charge >= 0.3 is 0 Å². The summed E-state index contributed by atoms with van der Waals surface area (Å²) < 4.78 is 14.4. The summed E-state index contributed by atoms with van der Waals surface area (Å²) in [5.74, 6) is -1.59. The number of aromatic nitrogens is 2. The fourth-order valence-electron chi connectivity index (χ4n) is 5.79. The average Bonchev–Trinajstić information content (AvgIpc) is 3.50. The number of nitrogens with one attached hydrogen (secondary N) is 2. The molecule has 3 aromatic rings. The third-order valence-electron chi connectivity index (χ3n) is 8.16. The quantitative estimate of drug-likeness (QED) is 0.505. The van der Waals surface area contributed by atoms with Gasteiger partial charge in [0.1, 0.15) is 17.4 Å². The molecule has 0 radical (unpaired) electrons. The minimum atomic E-state index is -0.808. The predicted octanol–water partition coefficient (Wildman–Crippen LogP) is 3.32. The molecule has 5 rings (SSSR count). The molecule has 0 unspecified atom stereocenters. The molecule has 10 heteroatoms. The maximum atomic E-state index is 14.4. The molecular weight excluding hydrogens is 499 g/mol. The fraction of sp³-hybridized carbons (Fsp3) is 0.448. The van der Waals surface area contributed by atoms with Crippen LogP contribution < -0.4 is 10.2 Å². The van der Waals surface area contributed by atoms with Crippen molar-refractivity contribution in [3.05, 3.63) is 59.5 Å². The standard InChI is InChI=1S/C29H35FN6O3/c1-5-19-6-8-23(30)22(14-19)26(37)32-25(18(2)3)27(38)35-12-10-29(11-13-35)28(39)34(4)17-36(29)21-7-9-24-20(15-21)16-31-33-24/h6-9,14-16,18,25H,5,10-13,17H2,1-4H3,(H,31,33)(H,32,37)/t25-/m1/s1. The highest BCUT2D eigenvalue weighted by Crippen LogP contribution is 2.40. The van der Waals surface area contributed by atoms with E-state index in [2.05, 4.69) is 20.4 Å². The molecule has 3 amide bonds. The zero-order chi connectivity index (χ0) is 27.9. The van der Waals surface area contributed by atoms with Crippen molar-refractivity contribution in [2.75, 3.05) is 31.7 Å². The topological polar surface area (TPSA) is 102 Å². The first-order valence-electron chi connectivity index (χ1n) is 13.5. The van der Waals surface area contributed by atoms with Crippen molar-refractivity contribution in [1.29, 1.82) is 0 Å². The second kappa shape index (κ2) is 10.3. The number of fused-ring (bicyclic) bond motifs is 1. The number of halogens is 1. The van der Waals surface area contributed by atoms with Crippen molar-refractivity contribution in [3.8, 4) is 0 Å². The second-order valence-electron chi connectivity index (χ2n) is 10.9. The summed E-state index contributed by atoms with van der Waals surface area (Å²) in [6, 6.07) is 9.65.